The molecule has 2 heterocycles. The van der Waals surface area contributed by atoms with Crippen LogP contribution < -0.4 is 5.32 Å². The van der Waals surface area contributed by atoms with E-state index >= 15 is 0 Å². The fourth-order valence-corrected chi connectivity index (χ4v) is 4.09. The number of aromatic nitrogens is 2. The zero-order valence-corrected chi connectivity index (χ0v) is 19.6. The molecule has 0 aliphatic carbocycles. The second-order valence-electron chi connectivity index (χ2n) is 8.39. The molecule has 1 fully saturated rings. The quantitative estimate of drug-likeness (QED) is 0.563. The third kappa shape index (κ3) is 4.55. The van der Waals surface area contributed by atoms with Crippen molar-refractivity contribution in [1.82, 2.24) is 19.8 Å². The van der Waals surface area contributed by atoms with Crippen LogP contribution in [0.25, 0.3) is 6.20 Å². The molecule has 1 aliphatic rings. The Morgan fingerprint density at radius 1 is 1.23 bits per heavy atom. The molecule has 5 heteroatoms. The summed E-state index contributed by atoms with van der Waals surface area (Å²) in [5.41, 5.74) is 7.85. The largest absolute Gasteiger partial charge is 0.371 e. The van der Waals surface area contributed by atoms with E-state index in [1.807, 2.05) is 19.1 Å². The number of aryl methyl sites for hydroxylation is 2. The molecule has 1 saturated heterocycles. The van der Waals surface area contributed by atoms with Crippen molar-refractivity contribution in [3.05, 3.63) is 81.6 Å². The second kappa shape index (κ2) is 9.23. The Morgan fingerprint density at radius 3 is 2.57 bits per heavy atom. The van der Waals surface area contributed by atoms with E-state index in [2.05, 4.69) is 67.9 Å². The maximum atomic E-state index is 6.31. The lowest BCUT2D eigenvalue weighted by Crippen LogP contribution is -2.44. The third-order valence-corrected chi connectivity index (χ3v) is 6.49. The molecule has 2 aromatic rings. The number of hydrogen-bond acceptors (Lipinski definition) is 3. The van der Waals surface area contributed by atoms with Crippen LogP contribution in [-0.2, 0) is 13.1 Å². The van der Waals surface area contributed by atoms with Gasteiger partial charge < -0.3 is 14.8 Å². The molecule has 1 aliphatic heterocycles. The van der Waals surface area contributed by atoms with Crippen molar-refractivity contribution in [2.45, 2.75) is 47.7 Å². The molecule has 1 aromatic carbocycles. The molecule has 1 aromatic heterocycles. The normalized spacial score (nSPS) is 14.7. The smallest absolute Gasteiger partial charge is 0.127 e. The lowest BCUT2D eigenvalue weighted by Gasteiger charge is -2.40. The highest BCUT2D eigenvalue weighted by Gasteiger charge is 2.24. The molecule has 4 nitrogen and oxygen atoms in total. The summed E-state index contributed by atoms with van der Waals surface area (Å²) in [6, 6.07) is 4.03. The molecule has 0 spiro atoms. The van der Waals surface area contributed by atoms with Crippen molar-refractivity contribution in [2.75, 3.05) is 13.1 Å². The van der Waals surface area contributed by atoms with Gasteiger partial charge in [0.05, 0.1) is 12.2 Å². The first kappa shape index (κ1) is 22.4. The summed E-state index contributed by atoms with van der Waals surface area (Å²) in [5, 5.41) is 4.36. The predicted molar refractivity (Wildman–Crippen MR) is 128 cm³/mol. The van der Waals surface area contributed by atoms with Crippen LogP contribution in [0.2, 0.25) is 5.02 Å². The lowest BCUT2D eigenvalue weighted by atomic mass is 10.00. The van der Waals surface area contributed by atoms with E-state index in [-0.39, 0.29) is 0 Å². The molecule has 160 valence electrons. The maximum absolute atomic E-state index is 6.31. The fourth-order valence-electron chi connectivity index (χ4n) is 3.91. The second-order valence-corrected chi connectivity index (χ2v) is 8.79. The first-order valence-electron chi connectivity index (χ1n) is 10.5. The van der Waals surface area contributed by atoms with Crippen LogP contribution in [0.5, 0.6) is 0 Å². The first-order chi connectivity index (χ1) is 14.2. The van der Waals surface area contributed by atoms with Crippen LogP contribution in [0, 0.1) is 33.6 Å². The van der Waals surface area contributed by atoms with E-state index in [4.69, 9.17) is 16.6 Å². The molecule has 0 amide bonds. The Kier molecular flexibility index (Phi) is 6.89. The highest BCUT2D eigenvalue weighted by molar-refractivity contribution is 6.31. The Morgan fingerprint density at radius 2 is 1.93 bits per heavy atom. The van der Waals surface area contributed by atoms with Crippen LogP contribution in [0.1, 0.15) is 40.8 Å². The Hall–Kier alpha value is -2.30. The Bertz CT molecular complexity index is 993. The molecule has 0 saturated carbocycles. The van der Waals surface area contributed by atoms with E-state index in [0.29, 0.717) is 6.54 Å². The highest BCUT2D eigenvalue weighted by Crippen LogP contribution is 2.26. The lowest BCUT2D eigenvalue weighted by molar-refractivity contribution is 0.163. The SMILES string of the molecule is C=C/C(=C\n1c(CNCc2c(C)ccc(Cl)c2C)nc(C)c1C)C(=C)N1CC(C)C1. The summed E-state index contributed by atoms with van der Waals surface area (Å²) in [5.74, 6) is 1.70. The fraction of sp³-hybridized carbons (Fsp3) is 0.400. The molecule has 30 heavy (non-hydrogen) atoms. The molecule has 0 radical (unpaired) electrons. The topological polar surface area (TPSA) is 33.1 Å². The van der Waals surface area contributed by atoms with Crippen LogP contribution in [0.15, 0.2) is 42.6 Å². The van der Waals surface area contributed by atoms with Crippen molar-refractivity contribution in [1.29, 1.82) is 0 Å². The molecular formula is C25H33ClN4. The van der Waals surface area contributed by atoms with Gasteiger partial charge in [0.2, 0.25) is 0 Å². The van der Waals surface area contributed by atoms with Gasteiger partial charge in [-0.05, 0) is 56.4 Å². The van der Waals surface area contributed by atoms with Crippen molar-refractivity contribution in [3.8, 4) is 0 Å². The summed E-state index contributed by atoms with van der Waals surface area (Å²) in [6.07, 6.45) is 4.00. The Balaban J connectivity index is 1.79. The summed E-state index contributed by atoms with van der Waals surface area (Å²) < 4.78 is 2.16. The minimum absolute atomic E-state index is 0.661. The standard InChI is InChI=1S/C25H33ClN4/c1-8-22(21(7)29-13-16(2)14-29)15-30-20(6)19(5)28-25(30)12-27-11-23-17(3)9-10-24(26)18(23)4/h8-10,15-16,27H,1,7,11-14H2,2-6H3/b22-15+. The van der Waals surface area contributed by atoms with E-state index < -0.39 is 0 Å². The van der Waals surface area contributed by atoms with E-state index in [1.54, 1.807) is 0 Å². The van der Waals surface area contributed by atoms with Gasteiger partial charge in [0.1, 0.15) is 5.82 Å². The van der Waals surface area contributed by atoms with Gasteiger partial charge in [0.15, 0.2) is 0 Å². The van der Waals surface area contributed by atoms with Crippen molar-refractivity contribution >= 4 is 17.8 Å². The van der Waals surface area contributed by atoms with Crippen LogP contribution >= 0.6 is 11.6 Å². The summed E-state index contributed by atoms with van der Waals surface area (Å²) in [4.78, 5) is 7.10. The number of hydrogen-bond donors (Lipinski definition) is 1. The van der Waals surface area contributed by atoms with Gasteiger partial charge in [-0.15, -0.1) is 0 Å². The van der Waals surface area contributed by atoms with E-state index in [9.17, 15) is 0 Å². The zero-order valence-electron chi connectivity index (χ0n) is 18.8. The predicted octanol–water partition coefficient (Wildman–Crippen LogP) is 5.55. The monoisotopic (exact) mass is 424 g/mol. The number of rotatable bonds is 8. The maximum Gasteiger partial charge on any atom is 0.127 e. The van der Waals surface area contributed by atoms with Gasteiger partial charge in [-0.2, -0.15) is 0 Å². The van der Waals surface area contributed by atoms with Crippen molar-refractivity contribution < 1.29 is 0 Å². The van der Waals surface area contributed by atoms with Gasteiger partial charge >= 0.3 is 0 Å². The number of benzene rings is 1. The molecule has 3 rings (SSSR count). The van der Waals surface area contributed by atoms with Gasteiger partial charge in [-0.3, -0.25) is 0 Å². The number of nitrogens with one attached hydrogen (secondary N) is 1. The number of likely N-dealkylation sites (tertiary alicyclic amines) is 1. The highest BCUT2D eigenvalue weighted by atomic mass is 35.5. The molecule has 0 atom stereocenters. The van der Waals surface area contributed by atoms with Crippen LogP contribution in [-0.4, -0.2) is 27.5 Å². The number of imidazole rings is 1. The average molecular weight is 425 g/mol. The van der Waals surface area contributed by atoms with E-state index in [0.717, 1.165) is 64.6 Å². The number of halogens is 1. The number of nitrogens with zero attached hydrogens (tertiary/aromatic N) is 3. The number of allylic oxidation sites excluding steroid dienone is 1. The third-order valence-electron chi connectivity index (χ3n) is 6.08. The minimum Gasteiger partial charge on any atom is -0.371 e. The Labute approximate surface area is 186 Å². The first-order valence-corrected chi connectivity index (χ1v) is 10.9. The summed E-state index contributed by atoms with van der Waals surface area (Å²) in [7, 11) is 0. The molecule has 1 N–H and O–H groups in total. The van der Waals surface area contributed by atoms with Crippen molar-refractivity contribution in [3.63, 3.8) is 0 Å². The van der Waals surface area contributed by atoms with Gasteiger partial charge in [-0.25, -0.2) is 4.98 Å². The van der Waals surface area contributed by atoms with Gasteiger partial charge in [0, 0.05) is 47.8 Å². The molecule has 0 bridgehead atoms. The van der Waals surface area contributed by atoms with E-state index in [1.165, 1.54) is 11.1 Å². The average Bonchev–Trinajstić information content (AvgIpc) is 2.96. The summed E-state index contributed by atoms with van der Waals surface area (Å²) >= 11 is 6.31. The zero-order chi connectivity index (χ0) is 22.0. The van der Waals surface area contributed by atoms with Gasteiger partial charge in [0.25, 0.3) is 0 Å². The van der Waals surface area contributed by atoms with Crippen molar-refractivity contribution in [2.24, 2.45) is 5.92 Å². The molecule has 0 unspecified atom stereocenters. The van der Waals surface area contributed by atoms with Crippen LogP contribution in [0.3, 0.4) is 0 Å². The van der Waals surface area contributed by atoms with Gasteiger partial charge in [-0.1, -0.05) is 43.8 Å². The summed E-state index contributed by atoms with van der Waals surface area (Å²) in [6.45, 7) is 22.4. The van der Waals surface area contributed by atoms with Crippen LogP contribution in [0.4, 0.5) is 0 Å². The minimum atomic E-state index is 0.661. The molecular weight excluding hydrogens is 392 g/mol.